The first kappa shape index (κ1) is 19.6. The molecular weight excluding hydrogens is 383 g/mol. The van der Waals surface area contributed by atoms with Crippen LogP contribution in [0.25, 0.3) is 0 Å². The summed E-state index contributed by atoms with van der Waals surface area (Å²) in [6.07, 6.45) is 1.42. The molecule has 0 bridgehead atoms. The van der Waals surface area contributed by atoms with Gasteiger partial charge in [-0.15, -0.1) is 11.8 Å². The Balaban J connectivity index is 2.08. The van der Waals surface area contributed by atoms with Crippen LogP contribution < -0.4 is 0 Å². The Bertz CT molecular complexity index is 777. The fourth-order valence-corrected chi connectivity index (χ4v) is 3.40. The zero-order chi connectivity index (χ0) is 18.4. The van der Waals surface area contributed by atoms with Crippen molar-refractivity contribution >= 4 is 46.9 Å². The fraction of sp³-hybridized carbons (Fsp3) is 0.235. The van der Waals surface area contributed by atoms with E-state index in [0.29, 0.717) is 26.1 Å². The van der Waals surface area contributed by atoms with E-state index < -0.39 is 4.92 Å². The number of benzene rings is 2. The van der Waals surface area contributed by atoms with Gasteiger partial charge in [0.15, 0.2) is 0 Å². The van der Waals surface area contributed by atoms with Gasteiger partial charge < -0.3 is 4.84 Å². The van der Waals surface area contributed by atoms with Gasteiger partial charge >= 0.3 is 0 Å². The number of rotatable bonds is 7. The lowest BCUT2D eigenvalue weighted by Crippen LogP contribution is -1.96. The lowest BCUT2D eigenvalue weighted by Gasteiger charge is -2.06. The predicted molar refractivity (Wildman–Crippen MR) is 103 cm³/mol. The van der Waals surface area contributed by atoms with Gasteiger partial charge in [-0.05, 0) is 18.2 Å². The van der Waals surface area contributed by atoms with Gasteiger partial charge in [0.05, 0.1) is 16.0 Å². The van der Waals surface area contributed by atoms with Crippen LogP contribution >= 0.6 is 35.0 Å². The third-order valence-corrected chi connectivity index (χ3v) is 4.87. The van der Waals surface area contributed by atoms with Crippen molar-refractivity contribution in [2.75, 3.05) is 0 Å². The number of nitro groups is 1. The summed E-state index contributed by atoms with van der Waals surface area (Å²) in [6, 6.07) is 10.1. The molecule has 0 spiro atoms. The van der Waals surface area contributed by atoms with Crippen molar-refractivity contribution in [2.24, 2.45) is 5.16 Å². The van der Waals surface area contributed by atoms with E-state index in [1.807, 2.05) is 13.8 Å². The zero-order valence-electron chi connectivity index (χ0n) is 13.6. The molecule has 8 heteroatoms. The molecule has 132 valence electrons. The molecule has 2 rings (SSSR count). The number of halogens is 2. The average molecular weight is 399 g/mol. The van der Waals surface area contributed by atoms with E-state index >= 15 is 0 Å². The van der Waals surface area contributed by atoms with Crippen molar-refractivity contribution in [1.82, 2.24) is 0 Å². The molecule has 5 nitrogen and oxygen atoms in total. The standard InChI is InChI=1S/C17H16Cl2N2O3S/c1-11(2)25-17-7-6-12(8-16(17)21(22)23)9-20-24-10-13-14(18)4-3-5-15(13)19/h3-9,11H,10H2,1-2H3/b20-9-. The Labute approximate surface area is 160 Å². The highest BCUT2D eigenvalue weighted by atomic mass is 35.5. The second-order valence-electron chi connectivity index (χ2n) is 5.36. The molecule has 0 radical (unpaired) electrons. The number of hydrogen-bond donors (Lipinski definition) is 0. The summed E-state index contributed by atoms with van der Waals surface area (Å²) in [4.78, 5) is 16.7. The van der Waals surface area contributed by atoms with Crippen molar-refractivity contribution in [2.45, 2.75) is 30.6 Å². The molecule has 2 aromatic rings. The molecule has 0 aliphatic rings. The second-order valence-corrected chi connectivity index (χ2v) is 7.79. The van der Waals surface area contributed by atoms with E-state index in [-0.39, 0.29) is 17.5 Å². The van der Waals surface area contributed by atoms with Crippen molar-refractivity contribution < 1.29 is 9.76 Å². The zero-order valence-corrected chi connectivity index (χ0v) is 15.9. The van der Waals surface area contributed by atoms with Crippen LogP contribution in [0.3, 0.4) is 0 Å². The van der Waals surface area contributed by atoms with Gasteiger partial charge in [0.2, 0.25) is 0 Å². The molecule has 0 saturated carbocycles. The highest BCUT2D eigenvalue weighted by Gasteiger charge is 2.15. The molecule has 0 atom stereocenters. The van der Waals surface area contributed by atoms with Crippen LogP contribution in [0, 0.1) is 10.1 Å². The number of thioether (sulfide) groups is 1. The van der Waals surface area contributed by atoms with Gasteiger partial charge in [-0.2, -0.15) is 0 Å². The molecule has 25 heavy (non-hydrogen) atoms. The third kappa shape index (κ3) is 5.63. The van der Waals surface area contributed by atoms with E-state index in [0.717, 1.165) is 0 Å². The highest BCUT2D eigenvalue weighted by molar-refractivity contribution is 8.00. The van der Waals surface area contributed by atoms with Crippen LogP contribution in [0.15, 0.2) is 46.4 Å². The summed E-state index contributed by atoms with van der Waals surface area (Å²) in [6.45, 7) is 4.08. The Morgan fingerprint density at radius 1 is 1.28 bits per heavy atom. The normalized spacial score (nSPS) is 11.2. The Morgan fingerprint density at radius 2 is 1.96 bits per heavy atom. The maximum absolute atomic E-state index is 11.2. The third-order valence-electron chi connectivity index (χ3n) is 3.09. The SMILES string of the molecule is CC(C)Sc1ccc(/C=N\OCc2c(Cl)cccc2Cl)cc1[N+](=O)[O-]. The highest BCUT2D eigenvalue weighted by Crippen LogP contribution is 2.32. The minimum atomic E-state index is -0.396. The molecule has 2 aromatic carbocycles. The molecule has 0 aromatic heterocycles. The summed E-state index contributed by atoms with van der Waals surface area (Å²) < 4.78 is 0. The summed E-state index contributed by atoms with van der Waals surface area (Å²) in [7, 11) is 0. The molecule has 0 N–H and O–H groups in total. The Kier molecular flexibility index (Phi) is 7.11. The van der Waals surface area contributed by atoms with E-state index in [1.54, 1.807) is 30.3 Å². The average Bonchev–Trinajstić information content (AvgIpc) is 2.54. The number of hydrogen-bond acceptors (Lipinski definition) is 5. The lowest BCUT2D eigenvalue weighted by molar-refractivity contribution is -0.387. The van der Waals surface area contributed by atoms with E-state index in [1.165, 1.54) is 24.0 Å². The summed E-state index contributed by atoms with van der Waals surface area (Å²) >= 11 is 13.5. The first-order chi connectivity index (χ1) is 11.9. The van der Waals surface area contributed by atoms with Crippen molar-refractivity contribution in [3.8, 4) is 0 Å². The summed E-state index contributed by atoms with van der Waals surface area (Å²) in [5.74, 6) is 0. The second kappa shape index (κ2) is 9.08. The van der Waals surface area contributed by atoms with Crippen LogP contribution in [0.1, 0.15) is 25.0 Å². The lowest BCUT2D eigenvalue weighted by atomic mass is 10.2. The number of nitrogens with zero attached hydrogens (tertiary/aromatic N) is 2. The van der Waals surface area contributed by atoms with Crippen LogP contribution in [-0.2, 0) is 11.4 Å². The van der Waals surface area contributed by atoms with Crippen LogP contribution in [0.5, 0.6) is 0 Å². The Hall–Kier alpha value is -1.76. The first-order valence-corrected chi connectivity index (χ1v) is 9.05. The molecule has 0 fully saturated rings. The van der Waals surface area contributed by atoms with E-state index in [4.69, 9.17) is 28.0 Å². The monoisotopic (exact) mass is 398 g/mol. The van der Waals surface area contributed by atoms with Crippen molar-refractivity contribution in [1.29, 1.82) is 0 Å². The maximum Gasteiger partial charge on any atom is 0.283 e. The summed E-state index contributed by atoms with van der Waals surface area (Å²) in [5, 5.41) is 16.3. The quantitative estimate of drug-likeness (QED) is 0.250. The Morgan fingerprint density at radius 3 is 2.56 bits per heavy atom. The maximum atomic E-state index is 11.2. The van der Waals surface area contributed by atoms with Gasteiger partial charge in [0.25, 0.3) is 5.69 Å². The van der Waals surface area contributed by atoms with E-state index in [9.17, 15) is 10.1 Å². The minimum absolute atomic E-state index is 0.0526. The van der Waals surface area contributed by atoms with Gasteiger partial charge in [0.1, 0.15) is 6.61 Å². The fourth-order valence-electron chi connectivity index (χ4n) is 1.98. The van der Waals surface area contributed by atoms with Crippen LogP contribution in [0.4, 0.5) is 5.69 Å². The molecule has 0 saturated heterocycles. The molecule has 0 aliphatic carbocycles. The molecule has 0 unspecified atom stereocenters. The molecular formula is C17H16Cl2N2O3S. The molecule has 0 aliphatic heterocycles. The smallest absolute Gasteiger partial charge is 0.283 e. The largest absolute Gasteiger partial charge is 0.391 e. The number of oxime groups is 1. The van der Waals surface area contributed by atoms with Crippen LogP contribution in [-0.4, -0.2) is 16.4 Å². The number of nitro benzene ring substituents is 1. The van der Waals surface area contributed by atoms with Gasteiger partial charge in [0, 0.05) is 32.5 Å². The van der Waals surface area contributed by atoms with Gasteiger partial charge in [-0.3, -0.25) is 10.1 Å². The first-order valence-electron chi connectivity index (χ1n) is 7.41. The van der Waals surface area contributed by atoms with Gasteiger partial charge in [-0.1, -0.05) is 54.3 Å². The van der Waals surface area contributed by atoms with Crippen LogP contribution in [0.2, 0.25) is 10.0 Å². The summed E-state index contributed by atoms with van der Waals surface area (Å²) in [5.41, 5.74) is 1.26. The van der Waals surface area contributed by atoms with E-state index in [2.05, 4.69) is 5.16 Å². The molecule has 0 amide bonds. The minimum Gasteiger partial charge on any atom is -0.391 e. The van der Waals surface area contributed by atoms with Crippen molar-refractivity contribution in [3.05, 3.63) is 67.7 Å². The van der Waals surface area contributed by atoms with Crippen molar-refractivity contribution in [3.63, 3.8) is 0 Å². The predicted octanol–water partition coefficient (Wildman–Crippen LogP) is 5.95. The molecule has 0 heterocycles. The van der Waals surface area contributed by atoms with Gasteiger partial charge in [-0.25, -0.2) is 0 Å². The topological polar surface area (TPSA) is 64.7 Å².